The Morgan fingerprint density at radius 3 is 2.67 bits per heavy atom. The van der Waals surface area contributed by atoms with Crippen LogP contribution >= 0.6 is 0 Å². The Morgan fingerprint density at radius 1 is 1.11 bits per heavy atom. The molecule has 0 amide bonds. The van der Waals surface area contributed by atoms with E-state index in [9.17, 15) is 0 Å². The van der Waals surface area contributed by atoms with Crippen molar-refractivity contribution < 1.29 is 4.74 Å². The van der Waals surface area contributed by atoms with Gasteiger partial charge in [0, 0.05) is 48.6 Å². The van der Waals surface area contributed by atoms with Crippen LogP contribution in [0.2, 0.25) is 0 Å². The Labute approximate surface area is 215 Å². The van der Waals surface area contributed by atoms with Gasteiger partial charge in [0.1, 0.15) is 12.3 Å². The average molecular weight is 480 g/mol. The van der Waals surface area contributed by atoms with Gasteiger partial charge in [0.05, 0.1) is 17.1 Å². The van der Waals surface area contributed by atoms with Gasteiger partial charge >= 0.3 is 0 Å². The summed E-state index contributed by atoms with van der Waals surface area (Å²) in [5, 5.41) is 0. The topological polar surface area (TPSA) is 19.0 Å². The lowest BCUT2D eigenvalue weighted by Crippen LogP contribution is -2.44. The molecule has 0 aromatic heterocycles. The summed E-state index contributed by atoms with van der Waals surface area (Å²) < 4.78 is 6.49. The Kier molecular flexibility index (Phi) is 5.91. The van der Waals surface area contributed by atoms with E-state index in [2.05, 4.69) is 115 Å². The Bertz CT molecular complexity index is 1250. The van der Waals surface area contributed by atoms with E-state index in [4.69, 9.17) is 4.74 Å². The van der Waals surface area contributed by atoms with Crippen LogP contribution in [-0.2, 0) is 4.74 Å². The van der Waals surface area contributed by atoms with E-state index in [1.165, 1.54) is 53.2 Å². The van der Waals surface area contributed by atoms with Crippen LogP contribution in [0, 0.1) is 11.8 Å². The van der Waals surface area contributed by atoms with Gasteiger partial charge < -0.3 is 19.4 Å². The number of allylic oxidation sites excluding steroid dienone is 7. The standard InChI is InChI=1S/C32H37N3O/c1-5-26(24-13-7-6-8-14-24)22(2)35-29-16-10-9-15-28(29)33(4)32(35)31-23(3)36-30-18-17-25(21-27(30)31)34-19-11-12-20-34/h5,7,9-11,13,15-19,21,24,27,30,32H,1,6,8,12,14,20H2,2-4H3/b26-22-. The first-order chi connectivity index (χ1) is 17.6. The molecule has 0 fully saturated rings. The third-order valence-corrected chi connectivity index (χ3v) is 8.46. The second kappa shape index (κ2) is 9.24. The SMILES string of the molecule is C=C/C(=C(\C)N1c2ccccc2N(C)C1C1=C(C)OC2C=CC(N3C=CCC3)=CC12)C1C=CCCC1. The molecule has 4 heteroatoms. The first-order valence-electron chi connectivity index (χ1n) is 13.4. The normalized spacial score (nSPS) is 29.3. The van der Waals surface area contributed by atoms with E-state index in [0.717, 1.165) is 18.7 Å². The van der Waals surface area contributed by atoms with Gasteiger partial charge in [-0.05, 0) is 75.5 Å². The first kappa shape index (κ1) is 23.0. The first-order valence-corrected chi connectivity index (χ1v) is 13.4. The van der Waals surface area contributed by atoms with Gasteiger partial charge in [-0.25, -0.2) is 0 Å². The van der Waals surface area contributed by atoms with Crippen molar-refractivity contribution in [2.45, 2.75) is 51.8 Å². The average Bonchev–Trinajstić information content (AvgIpc) is 3.61. The highest BCUT2D eigenvalue weighted by atomic mass is 16.5. The van der Waals surface area contributed by atoms with Crippen LogP contribution in [0.3, 0.4) is 0 Å². The number of fused-ring (bicyclic) bond motifs is 2. The van der Waals surface area contributed by atoms with Crippen molar-refractivity contribution in [3.8, 4) is 0 Å². The minimum Gasteiger partial charge on any atom is -0.490 e. The van der Waals surface area contributed by atoms with E-state index in [1.807, 2.05) is 0 Å². The summed E-state index contributed by atoms with van der Waals surface area (Å²) in [5.74, 6) is 1.67. The number of anilines is 2. The van der Waals surface area contributed by atoms with Crippen LogP contribution in [0.25, 0.3) is 0 Å². The van der Waals surface area contributed by atoms with Gasteiger partial charge in [-0.2, -0.15) is 0 Å². The Morgan fingerprint density at radius 2 is 1.94 bits per heavy atom. The number of hydrogen-bond donors (Lipinski definition) is 0. The molecule has 1 aromatic rings. The van der Waals surface area contributed by atoms with Crippen molar-refractivity contribution in [2.24, 2.45) is 11.8 Å². The largest absolute Gasteiger partial charge is 0.490 e. The Hall–Kier alpha value is -3.40. The van der Waals surface area contributed by atoms with Crippen molar-refractivity contribution >= 4 is 11.4 Å². The molecule has 1 aromatic carbocycles. The van der Waals surface area contributed by atoms with Gasteiger partial charge in [0.25, 0.3) is 0 Å². The zero-order valence-electron chi connectivity index (χ0n) is 21.7. The van der Waals surface area contributed by atoms with E-state index in [-0.39, 0.29) is 18.2 Å². The lowest BCUT2D eigenvalue weighted by Gasteiger charge is -2.37. The molecule has 4 nitrogen and oxygen atoms in total. The fourth-order valence-corrected chi connectivity index (χ4v) is 6.68. The van der Waals surface area contributed by atoms with Gasteiger partial charge in [0.2, 0.25) is 0 Å². The lowest BCUT2D eigenvalue weighted by molar-refractivity contribution is 0.164. The van der Waals surface area contributed by atoms with Gasteiger partial charge in [0.15, 0.2) is 0 Å². The number of rotatable bonds is 5. The zero-order chi connectivity index (χ0) is 24.8. The quantitative estimate of drug-likeness (QED) is 0.333. The second-order valence-corrected chi connectivity index (χ2v) is 10.5. The molecule has 6 rings (SSSR count). The molecule has 3 heterocycles. The maximum atomic E-state index is 6.49. The highest BCUT2D eigenvalue weighted by Gasteiger charge is 2.46. The molecule has 4 unspecified atom stereocenters. The van der Waals surface area contributed by atoms with Crippen LogP contribution in [0.15, 0.2) is 108 Å². The van der Waals surface area contributed by atoms with Crippen molar-refractivity contribution in [3.63, 3.8) is 0 Å². The van der Waals surface area contributed by atoms with E-state index < -0.39 is 0 Å². The molecule has 0 radical (unpaired) electrons. The second-order valence-electron chi connectivity index (χ2n) is 10.5. The van der Waals surface area contributed by atoms with E-state index >= 15 is 0 Å². The molecule has 0 spiro atoms. The minimum atomic E-state index is 0.0537. The third-order valence-electron chi connectivity index (χ3n) is 8.46. The van der Waals surface area contributed by atoms with Crippen LogP contribution in [0.5, 0.6) is 0 Å². The van der Waals surface area contributed by atoms with Crippen molar-refractivity contribution in [1.82, 2.24) is 4.90 Å². The van der Waals surface area contributed by atoms with Crippen molar-refractivity contribution in [1.29, 1.82) is 0 Å². The van der Waals surface area contributed by atoms with Crippen molar-refractivity contribution in [3.05, 3.63) is 108 Å². The molecule has 5 aliphatic rings. The minimum absolute atomic E-state index is 0.0537. The highest BCUT2D eigenvalue weighted by Crippen LogP contribution is 2.49. The zero-order valence-corrected chi connectivity index (χ0v) is 21.7. The molecular formula is C32H37N3O. The molecule has 0 bridgehead atoms. The molecule has 0 saturated heterocycles. The maximum Gasteiger partial charge on any atom is 0.132 e. The number of benzene rings is 1. The maximum absolute atomic E-state index is 6.49. The van der Waals surface area contributed by atoms with Crippen LogP contribution < -0.4 is 9.80 Å². The summed E-state index contributed by atoms with van der Waals surface area (Å²) in [6.45, 7) is 9.74. The van der Waals surface area contributed by atoms with E-state index in [0.29, 0.717) is 5.92 Å². The van der Waals surface area contributed by atoms with Crippen LogP contribution in [0.4, 0.5) is 11.4 Å². The molecule has 186 valence electrons. The van der Waals surface area contributed by atoms with Crippen LogP contribution in [-0.4, -0.2) is 30.8 Å². The predicted molar refractivity (Wildman–Crippen MR) is 149 cm³/mol. The molecular weight excluding hydrogens is 442 g/mol. The number of nitrogens with zero attached hydrogens (tertiary/aromatic N) is 3. The summed E-state index contributed by atoms with van der Waals surface area (Å²) in [6.07, 6.45) is 23.0. The number of hydrogen-bond acceptors (Lipinski definition) is 4. The molecule has 0 N–H and O–H groups in total. The number of likely N-dealkylation sites (N-methyl/N-ethyl adjacent to an activating group) is 1. The molecule has 0 saturated carbocycles. The van der Waals surface area contributed by atoms with E-state index in [1.54, 1.807) is 0 Å². The summed E-state index contributed by atoms with van der Waals surface area (Å²) in [7, 11) is 2.23. The molecule has 2 aliphatic carbocycles. The monoisotopic (exact) mass is 479 g/mol. The van der Waals surface area contributed by atoms with Crippen molar-refractivity contribution in [2.75, 3.05) is 23.4 Å². The van der Waals surface area contributed by atoms with Crippen LogP contribution in [0.1, 0.15) is 39.5 Å². The summed E-state index contributed by atoms with van der Waals surface area (Å²) in [6, 6.07) is 8.79. The van der Waals surface area contributed by atoms with Gasteiger partial charge in [-0.3, -0.25) is 0 Å². The third kappa shape index (κ3) is 3.66. The smallest absolute Gasteiger partial charge is 0.132 e. The fraction of sp³-hybridized carbons (Fsp3) is 0.375. The summed E-state index contributed by atoms with van der Waals surface area (Å²) in [5.41, 5.74) is 7.75. The molecule has 4 atom stereocenters. The fourth-order valence-electron chi connectivity index (χ4n) is 6.68. The highest BCUT2D eigenvalue weighted by molar-refractivity contribution is 5.81. The number of para-hydroxylation sites is 2. The summed E-state index contributed by atoms with van der Waals surface area (Å²) in [4.78, 5) is 7.34. The molecule has 36 heavy (non-hydrogen) atoms. The molecule has 3 aliphatic heterocycles. The number of ether oxygens (including phenoxy) is 1. The van der Waals surface area contributed by atoms with Gasteiger partial charge in [-0.1, -0.05) is 43.0 Å². The van der Waals surface area contributed by atoms with Gasteiger partial charge in [-0.15, -0.1) is 0 Å². The lowest BCUT2D eigenvalue weighted by atomic mass is 9.86. The Balaban J connectivity index is 1.45. The summed E-state index contributed by atoms with van der Waals surface area (Å²) >= 11 is 0. The predicted octanol–water partition coefficient (Wildman–Crippen LogP) is 7.05.